The van der Waals surface area contributed by atoms with Crippen molar-refractivity contribution in [3.63, 3.8) is 0 Å². The summed E-state index contributed by atoms with van der Waals surface area (Å²) in [6.45, 7) is 1.04. The van der Waals surface area contributed by atoms with Gasteiger partial charge >= 0.3 is 0 Å². The van der Waals surface area contributed by atoms with E-state index in [0.717, 1.165) is 46.7 Å². The number of nitrogens with zero attached hydrogens (tertiary/aromatic N) is 2. The molecule has 1 aromatic carbocycles. The summed E-state index contributed by atoms with van der Waals surface area (Å²) in [5.74, 6) is 3.70. The maximum absolute atomic E-state index is 5.81. The van der Waals surface area contributed by atoms with Crippen LogP contribution >= 0.6 is 0 Å². The highest BCUT2D eigenvalue weighted by Gasteiger charge is 2.39. The SMILES string of the molecule is Nc1ccc2c(NCC3CC4CCC3C4)ncnc2c1. The van der Waals surface area contributed by atoms with Crippen LogP contribution < -0.4 is 11.1 Å². The number of rotatable bonds is 3. The Balaban J connectivity index is 1.54. The van der Waals surface area contributed by atoms with Gasteiger partial charge in [0.1, 0.15) is 12.1 Å². The van der Waals surface area contributed by atoms with Crippen LogP contribution in [0.15, 0.2) is 24.5 Å². The molecule has 0 aliphatic heterocycles. The molecule has 104 valence electrons. The lowest BCUT2D eigenvalue weighted by atomic mass is 9.89. The number of hydrogen-bond acceptors (Lipinski definition) is 4. The van der Waals surface area contributed by atoms with E-state index in [1.165, 1.54) is 25.7 Å². The molecule has 0 amide bonds. The molecule has 0 spiro atoms. The topological polar surface area (TPSA) is 63.8 Å². The van der Waals surface area contributed by atoms with Crippen LogP contribution in [0.3, 0.4) is 0 Å². The third kappa shape index (κ3) is 1.99. The number of nitrogens with one attached hydrogen (secondary N) is 1. The first-order valence-corrected chi connectivity index (χ1v) is 7.53. The molecule has 4 rings (SSSR count). The molecule has 3 N–H and O–H groups in total. The average Bonchev–Trinajstić information content (AvgIpc) is 3.07. The largest absolute Gasteiger partial charge is 0.399 e. The van der Waals surface area contributed by atoms with Crippen LogP contribution in [-0.4, -0.2) is 16.5 Å². The summed E-state index contributed by atoms with van der Waals surface area (Å²) >= 11 is 0. The van der Waals surface area contributed by atoms with Crippen molar-refractivity contribution in [2.24, 2.45) is 17.8 Å². The predicted octanol–water partition coefficient (Wildman–Crippen LogP) is 3.06. The number of nitrogen functional groups attached to an aromatic ring is 1. The first-order valence-electron chi connectivity index (χ1n) is 7.53. The van der Waals surface area contributed by atoms with E-state index in [4.69, 9.17) is 5.73 Å². The smallest absolute Gasteiger partial charge is 0.137 e. The maximum Gasteiger partial charge on any atom is 0.137 e. The lowest BCUT2D eigenvalue weighted by Crippen LogP contribution is -2.20. The molecule has 20 heavy (non-hydrogen) atoms. The number of benzene rings is 1. The van der Waals surface area contributed by atoms with Crippen LogP contribution in [-0.2, 0) is 0 Å². The van der Waals surface area contributed by atoms with Crippen molar-refractivity contribution >= 4 is 22.4 Å². The molecule has 2 saturated carbocycles. The van der Waals surface area contributed by atoms with Gasteiger partial charge in [0.25, 0.3) is 0 Å². The molecule has 2 bridgehead atoms. The summed E-state index contributed by atoms with van der Waals surface area (Å²) in [5, 5.41) is 4.60. The van der Waals surface area contributed by atoms with Gasteiger partial charge in [0.05, 0.1) is 5.52 Å². The highest BCUT2D eigenvalue weighted by molar-refractivity contribution is 5.90. The standard InChI is InChI=1S/C16H20N4/c17-13-3-4-14-15(7-13)19-9-20-16(14)18-8-12-6-10-1-2-11(12)5-10/h3-4,7,9-12H,1-2,5-6,8,17H2,(H,18,19,20). The van der Waals surface area contributed by atoms with Gasteiger partial charge in [-0.3, -0.25) is 0 Å². The third-order valence-electron chi connectivity index (χ3n) is 5.08. The van der Waals surface area contributed by atoms with Crippen LogP contribution in [0.1, 0.15) is 25.7 Å². The fourth-order valence-electron chi connectivity index (χ4n) is 4.07. The molecular weight excluding hydrogens is 248 g/mol. The van der Waals surface area contributed by atoms with Crippen molar-refractivity contribution in [2.75, 3.05) is 17.6 Å². The first-order chi connectivity index (χ1) is 9.79. The van der Waals surface area contributed by atoms with Crippen molar-refractivity contribution in [1.29, 1.82) is 0 Å². The van der Waals surface area contributed by atoms with Crippen molar-refractivity contribution in [3.8, 4) is 0 Å². The highest BCUT2D eigenvalue weighted by atomic mass is 15.0. The van der Waals surface area contributed by atoms with Gasteiger partial charge in [0.2, 0.25) is 0 Å². The lowest BCUT2D eigenvalue weighted by molar-refractivity contribution is 0.348. The molecule has 0 saturated heterocycles. The number of hydrogen-bond donors (Lipinski definition) is 2. The zero-order valence-electron chi connectivity index (χ0n) is 11.5. The van der Waals surface area contributed by atoms with Gasteiger partial charge in [-0.05, 0) is 55.2 Å². The quantitative estimate of drug-likeness (QED) is 0.840. The van der Waals surface area contributed by atoms with E-state index in [0.29, 0.717) is 0 Å². The molecule has 3 unspecified atom stereocenters. The molecule has 2 aliphatic rings. The number of aromatic nitrogens is 2. The average molecular weight is 268 g/mol. The van der Waals surface area contributed by atoms with Crippen LogP contribution in [0.25, 0.3) is 10.9 Å². The Labute approximate surface area is 118 Å². The van der Waals surface area contributed by atoms with Gasteiger partial charge < -0.3 is 11.1 Å². The van der Waals surface area contributed by atoms with E-state index >= 15 is 0 Å². The molecule has 2 aromatic rings. The van der Waals surface area contributed by atoms with Crippen LogP contribution in [0, 0.1) is 17.8 Å². The molecule has 2 fully saturated rings. The van der Waals surface area contributed by atoms with Crippen molar-refractivity contribution < 1.29 is 0 Å². The van der Waals surface area contributed by atoms with E-state index in [9.17, 15) is 0 Å². The molecular formula is C16H20N4. The van der Waals surface area contributed by atoms with Crippen molar-refractivity contribution in [3.05, 3.63) is 24.5 Å². The molecule has 3 atom stereocenters. The lowest BCUT2D eigenvalue weighted by Gasteiger charge is -2.22. The molecule has 0 radical (unpaired) electrons. The minimum Gasteiger partial charge on any atom is -0.399 e. The third-order valence-corrected chi connectivity index (χ3v) is 5.08. The Bertz CT molecular complexity index is 639. The number of anilines is 2. The minimum absolute atomic E-state index is 0.746. The molecule has 1 heterocycles. The molecule has 4 nitrogen and oxygen atoms in total. The second kappa shape index (κ2) is 4.62. The fraction of sp³-hybridized carbons (Fsp3) is 0.500. The molecule has 1 aromatic heterocycles. The summed E-state index contributed by atoms with van der Waals surface area (Å²) in [4.78, 5) is 8.69. The van der Waals surface area contributed by atoms with Crippen molar-refractivity contribution in [2.45, 2.75) is 25.7 Å². The molecule has 2 aliphatic carbocycles. The number of nitrogens with two attached hydrogens (primary N) is 1. The zero-order valence-corrected chi connectivity index (χ0v) is 11.5. The monoisotopic (exact) mass is 268 g/mol. The van der Waals surface area contributed by atoms with Gasteiger partial charge in [0, 0.05) is 17.6 Å². The van der Waals surface area contributed by atoms with E-state index < -0.39 is 0 Å². The Morgan fingerprint density at radius 1 is 1.20 bits per heavy atom. The Morgan fingerprint density at radius 3 is 2.95 bits per heavy atom. The van der Waals surface area contributed by atoms with Crippen LogP contribution in [0.4, 0.5) is 11.5 Å². The van der Waals surface area contributed by atoms with Crippen LogP contribution in [0.5, 0.6) is 0 Å². The van der Waals surface area contributed by atoms with E-state index in [1.807, 2.05) is 18.2 Å². The van der Waals surface area contributed by atoms with Crippen molar-refractivity contribution in [1.82, 2.24) is 9.97 Å². The summed E-state index contributed by atoms with van der Waals surface area (Å²) < 4.78 is 0. The normalized spacial score (nSPS) is 28.1. The summed E-state index contributed by atoms with van der Waals surface area (Å²) in [6.07, 6.45) is 7.35. The van der Waals surface area contributed by atoms with E-state index in [2.05, 4.69) is 15.3 Å². The second-order valence-corrected chi connectivity index (χ2v) is 6.31. The minimum atomic E-state index is 0.746. The van der Waals surface area contributed by atoms with Gasteiger partial charge in [-0.1, -0.05) is 6.42 Å². The fourth-order valence-corrected chi connectivity index (χ4v) is 4.07. The van der Waals surface area contributed by atoms with Gasteiger partial charge in [-0.2, -0.15) is 0 Å². The highest BCUT2D eigenvalue weighted by Crippen LogP contribution is 2.48. The number of fused-ring (bicyclic) bond motifs is 3. The van der Waals surface area contributed by atoms with Gasteiger partial charge in [0.15, 0.2) is 0 Å². The van der Waals surface area contributed by atoms with Gasteiger partial charge in [-0.15, -0.1) is 0 Å². The van der Waals surface area contributed by atoms with E-state index in [1.54, 1.807) is 6.33 Å². The maximum atomic E-state index is 5.81. The molecule has 4 heteroatoms. The predicted molar refractivity (Wildman–Crippen MR) is 81.4 cm³/mol. The summed E-state index contributed by atoms with van der Waals surface area (Å²) in [6, 6.07) is 5.82. The summed E-state index contributed by atoms with van der Waals surface area (Å²) in [7, 11) is 0. The Kier molecular flexibility index (Phi) is 2.76. The summed E-state index contributed by atoms with van der Waals surface area (Å²) in [5.41, 5.74) is 7.47. The Morgan fingerprint density at radius 2 is 2.15 bits per heavy atom. The second-order valence-electron chi connectivity index (χ2n) is 6.31. The zero-order chi connectivity index (χ0) is 13.5. The van der Waals surface area contributed by atoms with E-state index in [-0.39, 0.29) is 0 Å². The Hall–Kier alpha value is -1.84. The van der Waals surface area contributed by atoms with Crippen LogP contribution in [0.2, 0.25) is 0 Å². The van der Waals surface area contributed by atoms with Gasteiger partial charge in [-0.25, -0.2) is 9.97 Å². The first kappa shape index (κ1) is 11.9.